The number of hydrogen-bond acceptors (Lipinski definition) is 6. The Balaban J connectivity index is 1.64. The SMILES string of the molecule is COc1n[nH]c2ncc(N3CCC(N(C)C(=O)OC(C)(C)C)CC3)cc12. The number of nitrogens with zero attached hydrogens (tertiary/aromatic N) is 4. The van der Waals surface area contributed by atoms with Gasteiger partial charge in [-0.1, -0.05) is 0 Å². The summed E-state index contributed by atoms with van der Waals surface area (Å²) in [7, 11) is 3.42. The van der Waals surface area contributed by atoms with Gasteiger partial charge in [-0.2, -0.15) is 0 Å². The molecule has 142 valence electrons. The molecule has 1 aliphatic rings. The Morgan fingerprint density at radius 1 is 1.35 bits per heavy atom. The molecule has 0 aromatic carbocycles. The molecule has 0 aliphatic carbocycles. The van der Waals surface area contributed by atoms with Crippen molar-refractivity contribution >= 4 is 22.8 Å². The van der Waals surface area contributed by atoms with E-state index in [4.69, 9.17) is 9.47 Å². The van der Waals surface area contributed by atoms with Crippen molar-refractivity contribution in [1.29, 1.82) is 0 Å². The van der Waals surface area contributed by atoms with Crippen molar-refractivity contribution in [2.75, 3.05) is 32.1 Å². The van der Waals surface area contributed by atoms with Crippen LogP contribution in [0.3, 0.4) is 0 Å². The normalized spacial score (nSPS) is 16.0. The summed E-state index contributed by atoms with van der Waals surface area (Å²) in [4.78, 5) is 20.7. The van der Waals surface area contributed by atoms with Gasteiger partial charge in [0, 0.05) is 26.2 Å². The van der Waals surface area contributed by atoms with E-state index >= 15 is 0 Å². The second-order valence-electron chi connectivity index (χ2n) is 7.63. The topological polar surface area (TPSA) is 83.6 Å². The molecule has 0 atom stereocenters. The van der Waals surface area contributed by atoms with Crippen molar-refractivity contribution in [2.24, 2.45) is 0 Å². The Morgan fingerprint density at radius 3 is 2.65 bits per heavy atom. The zero-order chi connectivity index (χ0) is 18.9. The number of aromatic nitrogens is 3. The van der Waals surface area contributed by atoms with E-state index < -0.39 is 5.60 Å². The molecule has 1 N–H and O–H groups in total. The van der Waals surface area contributed by atoms with Crippen LogP contribution in [0.25, 0.3) is 11.0 Å². The summed E-state index contributed by atoms with van der Waals surface area (Å²) in [5.41, 5.74) is 1.28. The van der Waals surface area contributed by atoms with Gasteiger partial charge in [-0.05, 0) is 39.7 Å². The minimum atomic E-state index is -0.475. The summed E-state index contributed by atoms with van der Waals surface area (Å²) >= 11 is 0. The van der Waals surface area contributed by atoms with Crippen molar-refractivity contribution in [2.45, 2.75) is 45.3 Å². The average Bonchev–Trinajstić information content (AvgIpc) is 3.02. The van der Waals surface area contributed by atoms with Crippen LogP contribution in [0.5, 0.6) is 5.88 Å². The maximum absolute atomic E-state index is 12.3. The summed E-state index contributed by atoms with van der Waals surface area (Å²) in [6.45, 7) is 7.36. The molecule has 1 saturated heterocycles. The first-order valence-corrected chi connectivity index (χ1v) is 8.87. The van der Waals surface area contributed by atoms with Crippen LogP contribution in [0.4, 0.5) is 10.5 Å². The lowest BCUT2D eigenvalue weighted by atomic mass is 10.0. The lowest BCUT2D eigenvalue weighted by molar-refractivity contribution is 0.0201. The predicted octanol–water partition coefficient (Wildman–Crippen LogP) is 2.80. The predicted molar refractivity (Wildman–Crippen MR) is 99.7 cm³/mol. The van der Waals surface area contributed by atoms with E-state index in [1.807, 2.05) is 40.1 Å². The zero-order valence-corrected chi connectivity index (χ0v) is 16.1. The first kappa shape index (κ1) is 18.3. The monoisotopic (exact) mass is 361 g/mol. The third-order valence-electron chi connectivity index (χ3n) is 4.62. The fourth-order valence-corrected chi connectivity index (χ4v) is 3.19. The third kappa shape index (κ3) is 3.84. The van der Waals surface area contributed by atoms with Gasteiger partial charge in [-0.25, -0.2) is 9.78 Å². The molecule has 2 aromatic heterocycles. The van der Waals surface area contributed by atoms with Crippen LogP contribution in [0.15, 0.2) is 12.3 Å². The highest BCUT2D eigenvalue weighted by molar-refractivity contribution is 5.83. The van der Waals surface area contributed by atoms with Gasteiger partial charge in [0.1, 0.15) is 5.60 Å². The van der Waals surface area contributed by atoms with Crippen LogP contribution >= 0.6 is 0 Å². The third-order valence-corrected chi connectivity index (χ3v) is 4.62. The lowest BCUT2D eigenvalue weighted by Gasteiger charge is -2.38. The van der Waals surface area contributed by atoms with Crippen molar-refractivity contribution in [3.05, 3.63) is 12.3 Å². The quantitative estimate of drug-likeness (QED) is 0.905. The minimum absolute atomic E-state index is 0.182. The van der Waals surface area contributed by atoms with Gasteiger partial charge in [0.15, 0.2) is 5.65 Å². The molecular formula is C18H27N5O3. The first-order valence-electron chi connectivity index (χ1n) is 8.87. The molecule has 8 heteroatoms. The summed E-state index contributed by atoms with van der Waals surface area (Å²) < 4.78 is 10.7. The number of pyridine rings is 1. The number of methoxy groups -OCH3 is 1. The molecule has 0 saturated carbocycles. The molecule has 1 aliphatic heterocycles. The molecule has 1 amide bonds. The Kier molecular flexibility index (Phi) is 4.93. The van der Waals surface area contributed by atoms with Crippen LogP contribution in [0.2, 0.25) is 0 Å². The smallest absolute Gasteiger partial charge is 0.410 e. The Labute approximate surface area is 153 Å². The van der Waals surface area contributed by atoms with Crippen LogP contribution < -0.4 is 9.64 Å². The van der Waals surface area contributed by atoms with Crippen LogP contribution in [-0.2, 0) is 4.74 Å². The van der Waals surface area contributed by atoms with Crippen molar-refractivity contribution in [1.82, 2.24) is 20.1 Å². The molecule has 1 fully saturated rings. The molecule has 3 rings (SSSR count). The van der Waals surface area contributed by atoms with E-state index in [1.54, 1.807) is 12.0 Å². The molecule has 8 nitrogen and oxygen atoms in total. The Morgan fingerprint density at radius 2 is 2.04 bits per heavy atom. The van der Waals surface area contributed by atoms with E-state index in [9.17, 15) is 4.79 Å². The highest BCUT2D eigenvalue weighted by atomic mass is 16.6. The van der Waals surface area contributed by atoms with E-state index in [1.165, 1.54) is 0 Å². The number of H-pyrrole nitrogens is 1. The summed E-state index contributed by atoms with van der Waals surface area (Å²) in [5.74, 6) is 0.550. The summed E-state index contributed by atoms with van der Waals surface area (Å²) in [5, 5.41) is 7.83. The van der Waals surface area contributed by atoms with Gasteiger partial charge in [-0.15, -0.1) is 5.10 Å². The van der Waals surface area contributed by atoms with Crippen LogP contribution in [0.1, 0.15) is 33.6 Å². The van der Waals surface area contributed by atoms with E-state index in [0.29, 0.717) is 11.5 Å². The average molecular weight is 361 g/mol. The molecule has 0 spiro atoms. The number of anilines is 1. The van der Waals surface area contributed by atoms with E-state index in [-0.39, 0.29) is 12.1 Å². The highest BCUT2D eigenvalue weighted by Crippen LogP contribution is 2.28. The maximum atomic E-state index is 12.3. The zero-order valence-electron chi connectivity index (χ0n) is 16.1. The van der Waals surface area contributed by atoms with Crippen LogP contribution in [0, 0.1) is 0 Å². The van der Waals surface area contributed by atoms with Crippen molar-refractivity contribution in [3.8, 4) is 5.88 Å². The number of carbonyl (C=O) groups is 1. The number of ether oxygens (including phenoxy) is 2. The Bertz CT molecular complexity index is 775. The number of aromatic amines is 1. The molecule has 3 heterocycles. The van der Waals surface area contributed by atoms with Crippen molar-refractivity contribution in [3.63, 3.8) is 0 Å². The largest absolute Gasteiger partial charge is 0.479 e. The number of rotatable bonds is 3. The molecular weight excluding hydrogens is 334 g/mol. The van der Waals surface area contributed by atoms with Gasteiger partial charge >= 0.3 is 6.09 Å². The van der Waals surface area contributed by atoms with Gasteiger partial charge in [0.2, 0.25) is 5.88 Å². The summed E-state index contributed by atoms with van der Waals surface area (Å²) in [6.07, 6.45) is 3.35. The molecule has 0 bridgehead atoms. The number of nitrogens with one attached hydrogen (secondary N) is 1. The van der Waals surface area contributed by atoms with Gasteiger partial charge in [0.25, 0.3) is 0 Å². The molecule has 2 aromatic rings. The second kappa shape index (κ2) is 7.01. The minimum Gasteiger partial charge on any atom is -0.479 e. The maximum Gasteiger partial charge on any atom is 0.410 e. The van der Waals surface area contributed by atoms with Crippen LogP contribution in [-0.4, -0.2) is 65.1 Å². The van der Waals surface area contributed by atoms with E-state index in [2.05, 4.69) is 20.1 Å². The van der Waals surface area contributed by atoms with Crippen molar-refractivity contribution < 1.29 is 14.3 Å². The highest BCUT2D eigenvalue weighted by Gasteiger charge is 2.28. The standard InChI is InChI=1S/C18H27N5O3/c1-18(2,3)26-17(24)22(4)12-6-8-23(9-7-12)13-10-14-15(19-11-13)20-21-16(14)25-5/h10-12H,6-9H2,1-5H3,(H,19,20,21). The van der Waals surface area contributed by atoms with E-state index in [0.717, 1.165) is 37.0 Å². The number of carbonyl (C=O) groups excluding carboxylic acids is 1. The molecule has 0 unspecified atom stereocenters. The van der Waals surface area contributed by atoms with Gasteiger partial charge in [-0.3, -0.25) is 5.10 Å². The second-order valence-corrected chi connectivity index (χ2v) is 7.63. The summed E-state index contributed by atoms with van der Waals surface area (Å²) in [6, 6.07) is 2.23. The number of amides is 1. The number of fused-ring (bicyclic) bond motifs is 1. The fraction of sp³-hybridized carbons (Fsp3) is 0.611. The van der Waals surface area contributed by atoms with Gasteiger partial charge < -0.3 is 19.3 Å². The lowest BCUT2D eigenvalue weighted by Crippen LogP contribution is -2.47. The molecule has 0 radical (unpaired) electrons. The first-order chi connectivity index (χ1) is 12.3. The number of piperidine rings is 1. The fourth-order valence-electron chi connectivity index (χ4n) is 3.19. The molecule has 26 heavy (non-hydrogen) atoms. The van der Waals surface area contributed by atoms with Gasteiger partial charge in [0.05, 0.1) is 24.4 Å². The Hall–Kier alpha value is -2.51. The number of hydrogen-bond donors (Lipinski definition) is 1.